The number of methoxy groups -OCH3 is 1. The Labute approximate surface area is 111 Å². The topological polar surface area (TPSA) is 53.4 Å². The van der Waals surface area contributed by atoms with Gasteiger partial charge in [0.25, 0.3) is 0 Å². The summed E-state index contributed by atoms with van der Waals surface area (Å²) in [5.41, 5.74) is 1.67. The number of carbonyl (C=O) groups excluding carboxylic acids is 1. The summed E-state index contributed by atoms with van der Waals surface area (Å²) in [7, 11) is 3.45. The van der Waals surface area contributed by atoms with E-state index in [1.165, 1.54) is 0 Å². The monoisotopic (exact) mass is 260 g/mol. The maximum atomic E-state index is 10.7. The minimum absolute atomic E-state index is 0.504. The van der Waals surface area contributed by atoms with E-state index < -0.39 is 0 Å². The van der Waals surface area contributed by atoms with E-state index in [9.17, 15) is 4.79 Å². The molecule has 2 rings (SSSR count). The van der Waals surface area contributed by atoms with Gasteiger partial charge in [0.2, 0.25) is 0 Å². The largest absolute Gasteiger partial charge is 0.493 e. The number of nitrogens with zero attached hydrogens (tertiary/aromatic N) is 2. The molecule has 0 radical (unpaired) electrons. The quantitative estimate of drug-likeness (QED) is 0.744. The molecule has 0 fully saturated rings. The van der Waals surface area contributed by atoms with Crippen LogP contribution >= 0.6 is 0 Å². The Morgan fingerprint density at radius 3 is 2.84 bits per heavy atom. The lowest BCUT2D eigenvalue weighted by Gasteiger charge is -2.10. The third-order valence-electron chi connectivity index (χ3n) is 2.73. The first-order valence-corrected chi connectivity index (χ1v) is 5.96. The van der Waals surface area contributed by atoms with E-state index in [0.717, 1.165) is 18.3 Å². The van der Waals surface area contributed by atoms with Crippen molar-refractivity contribution in [1.82, 2.24) is 9.78 Å². The van der Waals surface area contributed by atoms with Crippen molar-refractivity contribution in [3.05, 3.63) is 41.7 Å². The summed E-state index contributed by atoms with van der Waals surface area (Å²) < 4.78 is 12.6. The molecular formula is C14H16N2O3. The predicted molar refractivity (Wildman–Crippen MR) is 70.8 cm³/mol. The van der Waals surface area contributed by atoms with Crippen LogP contribution in [0.25, 0.3) is 0 Å². The van der Waals surface area contributed by atoms with Gasteiger partial charge in [-0.15, -0.1) is 0 Å². The smallest absolute Gasteiger partial charge is 0.161 e. The molecular weight excluding hydrogens is 244 g/mol. The number of aryl methyl sites for hydroxylation is 1. The van der Waals surface area contributed by atoms with Gasteiger partial charge in [0.15, 0.2) is 11.5 Å². The second-order valence-electron chi connectivity index (χ2n) is 4.15. The number of aromatic nitrogens is 2. The molecule has 1 aromatic carbocycles. The standard InChI is InChI=1S/C14H16N2O3/c1-16-9-12(8-15-16)5-6-19-14-7-11(10-17)3-4-13(14)18-2/h3-4,7-10H,5-6H2,1-2H3. The van der Waals surface area contributed by atoms with Crippen LogP contribution in [0.15, 0.2) is 30.6 Å². The van der Waals surface area contributed by atoms with Gasteiger partial charge in [-0.1, -0.05) is 0 Å². The molecule has 0 atom stereocenters. The van der Waals surface area contributed by atoms with Crippen molar-refractivity contribution in [2.45, 2.75) is 6.42 Å². The summed E-state index contributed by atoms with van der Waals surface area (Å²) in [4.78, 5) is 10.7. The molecule has 5 nitrogen and oxygen atoms in total. The van der Waals surface area contributed by atoms with Crippen LogP contribution < -0.4 is 9.47 Å². The first-order valence-electron chi connectivity index (χ1n) is 5.96. The third-order valence-corrected chi connectivity index (χ3v) is 2.73. The van der Waals surface area contributed by atoms with Crippen molar-refractivity contribution in [3.63, 3.8) is 0 Å². The molecule has 5 heteroatoms. The molecule has 0 unspecified atom stereocenters. The Kier molecular flexibility index (Phi) is 4.18. The normalized spacial score (nSPS) is 10.2. The molecule has 1 heterocycles. The van der Waals surface area contributed by atoms with Crippen LogP contribution in [-0.4, -0.2) is 29.8 Å². The molecule has 19 heavy (non-hydrogen) atoms. The van der Waals surface area contributed by atoms with E-state index in [-0.39, 0.29) is 0 Å². The lowest BCUT2D eigenvalue weighted by Crippen LogP contribution is -2.02. The van der Waals surface area contributed by atoms with Gasteiger partial charge >= 0.3 is 0 Å². The number of hydrogen-bond donors (Lipinski definition) is 0. The van der Waals surface area contributed by atoms with E-state index in [0.29, 0.717) is 23.7 Å². The molecule has 0 saturated heterocycles. The molecule has 0 aliphatic rings. The molecule has 0 amide bonds. The molecule has 1 aromatic heterocycles. The van der Waals surface area contributed by atoms with Crippen LogP contribution in [0.4, 0.5) is 0 Å². The van der Waals surface area contributed by atoms with Crippen molar-refractivity contribution in [2.75, 3.05) is 13.7 Å². The van der Waals surface area contributed by atoms with Crippen LogP contribution in [0.2, 0.25) is 0 Å². The van der Waals surface area contributed by atoms with E-state index in [1.54, 1.807) is 30.0 Å². The maximum absolute atomic E-state index is 10.7. The molecule has 0 bridgehead atoms. The Bertz CT molecular complexity index is 564. The summed E-state index contributed by atoms with van der Waals surface area (Å²) in [5, 5.41) is 4.09. The van der Waals surface area contributed by atoms with Crippen molar-refractivity contribution in [2.24, 2.45) is 7.05 Å². The van der Waals surface area contributed by atoms with Gasteiger partial charge in [-0.3, -0.25) is 9.48 Å². The summed E-state index contributed by atoms with van der Waals surface area (Å²) in [6.07, 6.45) is 5.29. The van der Waals surface area contributed by atoms with Gasteiger partial charge in [0.05, 0.1) is 19.9 Å². The van der Waals surface area contributed by atoms with E-state index in [1.807, 2.05) is 19.4 Å². The summed E-state index contributed by atoms with van der Waals surface area (Å²) in [5.74, 6) is 1.20. The Morgan fingerprint density at radius 1 is 1.37 bits per heavy atom. The molecule has 0 aliphatic carbocycles. The molecule has 0 N–H and O–H groups in total. The zero-order valence-corrected chi connectivity index (χ0v) is 11.0. The fraction of sp³-hybridized carbons (Fsp3) is 0.286. The lowest BCUT2D eigenvalue weighted by molar-refractivity contribution is 0.112. The second-order valence-corrected chi connectivity index (χ2v) is 4.15. The Hall–Kier alpha value is -2.30. The molecule has 0 aliphatic heterocycles. The van der Waals surface area contributed by atoms with E-state index in [4.69, 9.17) is 9.47 Å². The summed E-state index contributed by atoms with van der Waals surface area (Å²) >= 11 is 0. The molecule has 0 spiro atoms. The second kappa shape index (κ2) is 6.04. The predicted octanol–water partition coefficient (Wildman–Crippen LogP) is 1.86. The lowest BCUT2D eigenvalue weighted by atomic mass is 10.2. The molecule has 0 saturated carbocycles. The van der Waals surface area contributed by atoms with E-state index >= 15 is 0 Å². The van der Waals surface area contributed by atoms with Crippen molar-refractivity contribution < 1.29 is 14.3 Å². The minimum atomic E-state index is 0.504. The number of aldehydes is 1. The van der Waals surface area contributed by atoms with Gasteiger partial charge in [-0.05, 0) is 23.8 Å². The fourth-order valence-corrected chi connectivity index (χ4v) is 1.76. The number of ether oxygens (including phenoxy) is 2. The fourth-order valence-electron chi connectivity index (χ4n) is 1.76. The van der Waals surface area contributed by atoms with Crippen LogP contribution in [0, 0.1) is 0 Å². The van der Waals surface area contributed by atoms with Gasteiger partial charge in [-0.25, -0.2) is 0 Å². The van der Waals surface area contributed by atoms with Crippen molar-refractivity contribution in [1.29, 1.82) is 0 Å². The minimum Gasteiger partial charge on any atom is -0.493 e. The molecule has 2 aromatic rings. The number of carbonyl (C=O) groups is 1. The number of rotatable bonds is 6. The van der Waals surface area contributed by atoms with Crippen LogP contribution in [-0.2, 0) is 13.5 Å². The van der Waals surface area contributed by atoms with Crippen molar-refractivity contribution >= 4 is 6.29 Å². The van der Waals surface area contributed by atoms with E-state index in [2.05, 4.69) is 5.10 Å². The first-order chi connectivity index (χ1) is 9.22. The first kappa shape index (κ1) is 13.1. The van der Waals surface area contributed by atoms with Gasteiger partial charge in [0.1, 0.15) is 6.29 Å². The maximum Gasteiger partial charge on any atom is 0.161 e. The summed E-state index contributed by atoms with van der Waals surface area (Å²) in [6, 6.07) is 5.10. The number of hydrogen-bond acceptors (Lipinski definition) is 4. The highest BCUT2D eigenvalue weighted by atomic mass is 16.5. The van der Waals surface area contributed by atoms with Crippen LogP contribution in [0.3, 0.4) is 0 Å². The van der Waals surface area contributed by atoms with Gasteiger partial charge in [0, 0.05) is 25.2 Å². The summed E-state index contributed by atoms with van der Waals surface area (Å²) in [6.45, 7) is 0.504. The highest BCUT2D eigenvalue weighted by Gasteiger charge is 2.06. The highest BCUT2D eigenvalue weighted by molar-refractivity contribution is 5.76. The average Bonchev–Trinajstić information content (AvgIpc) is 2.84. The Balaban J connectivity index is 1.99. The zero-order valence-electron chi connectivity index (χ0n) is 11.0. The van der Waals surface area contributed by atoms with Gasteiger partial charge in [-0.2, -0.15) is 5.10 Å². The zero-order chi connectivity index (χ0) is 13.7. The highest BCUT2D eigenvalue weighted by Crippen LogP contribution is 2.27. The SMILES string of the molecule is COc1ccc(C=O)cc1OCCc1cnn(C)c1. The molecule has 100 valence electrons. The third kappa shape index (κ3) is 3.34. The Morgan fingerprint density at radius 2 is 2.21 bits per heavy atom. The van der Waals surface area contributed by atoms with Gasteiger partial charge < -0.3 is 9.47 Å². The van der Waals surface area contributed by atoms with Crippen LogP contribution in [0.1, 0.15) is 15.9 Å². The average molecular weight is 260 g/mol. The van der Waals surface area contributed by atoms with Crippen LogP contribution in [0.5, 0.6) is 11.5 Å². The number of benzene rings is 1. The van der Waals surface area contributed by atoms with Crippen molar-refractivity contribution in [3.8, 4) is 11.5 Å².